The Bertz CT molecular complexity index is 690. The first-order valence-corrected chi connectivity index (χ1v) is 6.33. The van der Waals surface area contributed by atoms with Crippen LogP contribution in [0.5, 0.6) is 0 Å². The first-order chi connectivity index (χ1) is 8.70. The van der Waals surface area contributed by atoms with Crippen molar-refractivity contribution in [2.75, 3.05) is 5.73 Å². The summed E-state index contributed by atoms with van der Waals surface area (Å²) in [6.45, 7) is 0. The van der Waals surface area contributed by atoms with Crippen molar-refractivity contribution in [3.8, 4) is 0 Å². The van der Waals surface area contributed by atoms with Gasteiger partial charge in [0.05, 0.1) is 5.69 Å². The molecule has 18 heavy (non-hydrogen) atoms. The molecule has 0 amide bonds. The second kappa shape index (κ2) is 4.34. The molecule has 6 nitrogen and oxygen atoms in total. The number of aromatic nitrogens is 4. The molecule has 0 aliphatic carbocycles. The van der Waals surface area contributed by atoms with Gasteiger partial charge >= 0.3 is 0 Å². The molecular weight excluding hydrogens is 250 g/mol. The van der Waals surface area contributed by atoms with Crippen LogP contribution < -0.4 is 5.73 Å². The second-order valence-corrected chi connectivity index (χ2v) is 4.81. The third kappa shape index (κ3) is 2.17. The molecule has 0 radical (unpaired) electrons. The van der Waals surface area contributed by atoms with Crippen molar-refractivity contribution in [2.45, 2.75) is 11.0 Å². The minimum absolute atomic E-state index is 0.612. The van der Waals surface area contributed by atoms with E-state index in [9.17, 15) is 0 Å². The first kappa shape index (κ1) is 11.1. The van der Waals surface area contributed by atoms with Gasteiger partial charge in [-0.25, -0.2) is 4.98 Å². The van der Waals surface area contributed by atoms with Gasteiger partial charge in [0.25, 0.3) is 5.22 Å². The fourth-order valence-corrected chi connectivity index (χ4v) is 2.30. The second-order valence-electron chi connectivity index (χ2n) is 3.88. The van der Waals surface area contributed by atoms with Gasteiger partial charge in [0.15, 0.2) is 5.58 Å². The molecule has 7 heteroatoms. The summed E-state index contributed by atoms with van der Waals surface area (Å²) in [4.78, 5) is 4.36. The van der Waals surface area contributed by atoms with E-state index in [1.165, 1.54) is 11.8 Å². The van der Waals surface area contributed by atoms with Crippen LogP contribution in [0.2, 0.25) is 0 Å². The van der Waals surface area contributed by atoms with Gasteiger partial charge in [0.1, 0.15) is 5.52 Å². The Morgan fingerprint density at radius 2 is 2.33 bits per heavy atom. The standard InChI is InChI=1S/C11H11N5OS/c1-16-5-8(14-15-16)6-18-11-13-9-4-7(12)2-3-10(9)17-11/h2-5H,6,12H2,1H3. The minimum Gasteiger partial charge on any atom is -0.431 e. The topological polar surface area (TPSA) is 82.8 Å². The zero-order valence-electron chi connectivity index (χ0n) is 9.70. The summed E-state index contributed by atoms with van der Waals surface area (Å²) in [6.07, 6.45) is 1.87. The summed E-state index contributed by atoms with van der Waals surface area (Å²) >= 11 is 1.48. The van der Waals surface area contributed by atoms with Gasteiger partial charge in [-0.2, -0.15) is 0 Å². The Hall–Kier alpha value is -2.02. The molecule has 0 unspecified atom stereocenters. The summed E-state index contributed by atoms with van der Waals surface area (Å²) in [5, 5.41) is 8.48. The molecule has 0 aliphatic rings. The van der Waals surface area contributed by atoms with Crippen LogP contribution in [-0.4, -0.2) is 20.0 Å². The summed E-state index contributed by atoms with van der Waals surface area (Å²) in [6, 6.07) is 5.42. The minimum atomic E-state index is 0.612. The number of thioether (sulfide) groups is 1. The van der Waals surface area contributed by atoms with Gasteiger partial charge in [-0.1, -0.05) is 17.0 Å². The van der Waals surface area contributed by atoms with Crippen LogP contribution in [0.1, 0.15) is 5.69 Å². The Morgan fingerprint density at radius 3 is 3.11 bits per heavy atom. The third-order valence-corrected chi connectivity index (χ3v) is 3.25. The summed E-state index contributed by atoms with van der Waals surface area (Å²) in [5.74, 6) is 0.677. The smallest absolute Gasteiger partial charge is 0.257 e. The number of hydrogen-bond donors (Lipinski definition) is 1. The zero-order chi connectivity index (χ0) is 12.5. The van der Waals surface area contributed by atoms with Crippen molar-refractivity contribution in [2.24, 2.45) is 7.05 Å². The molecule has 1 aromatic carbocycles. The van der Waals surface area contributed by atoms with E-state index >= 15 is 0 Å². The van der Waals surface area contributed by atoms with Crippen LogP contribution >= 0.6 is 11.8 Å². The molecule has 3 rings (SSSR count). The molecule has 92 valence electrons. The highest BCUT2D eigenvalue weighted by Gasteiger charge is 2.08. The molecule has 0 atom stereocenters. The maximum Gasteiger partial charge on any atom is 0.257 e. The molecule has 0 saturated heterocycles. The van der Waals surface area contributed by atoms with Crippen LogP contribution in [0.3, 0.4) is 0 Å². The van der Waals surface area contributed by atoms with E-state index in [-0.39, 0.29) is 0 Å². The summed E-state index contributed by atoms with van der Waals surface area (Å²) in [5.41, 5.74) is 8.78. The highest BCUT2D eigenvalue weighted by atomic mass is 32.2. The van der Waals surface area contributed by atoms with Crippen molar-refractivity contribution >= 4 is 28.5 Å². The largest absolute Gasteiger partial charge is 0.431 e. The van der Waals surface area contributed by atoms with Crippen molar-refractivity contribution in [3.63, 3.8) is 0 Å². The van der Waals surface area contributed by atoms with E-state index in [0.29, 0.717) is 16.7 Å². The van der Waals surface area contributed by atoms with E-state index in [1.54, 1.807) is 16.8 Å². The van der Waals surface area contributed by atoms with Crippen LogP contribution in [-0.2, 0) is 12.8 Å². The van der Waals surface area contributed by atoms with Crippen molar-refractivity contribution in [1.82, 2.24) is 20.0 Å². The van der Waals surface area contributed by atoms with Gasteiger partial charge in [-0.15, -0.1) is 5.10 Å². The molecule has 0 bridgehead atoms. The average Bonchev–Trinajstić information content (AvgIpc) is 2.92. The fourth-order valence-electron chi connectivity index (χ4n) is 1.58. The lowest BCUT2D eigenvalue weighted by atomic mass is 10.3. The predicted molar refractivity (Wildman–Crippen MR) is 69.0 cm³/mol. The fraction of sp³-hybridized carbons (Fsp3) is 0.182. The van der Waals surface area contributed by atoms with Gasteiger partial charge in [0.2, 0.25) is 0 Å². The van der Waals surface area contributed by atoms with E-state index in [1.807, 2.05) is 19.3 Å². The predicted octanol–water partition coefficient (Wildman–Crippen LogP) is 1.83. The quantitative estimate of drug-likeness (QED) is 0.572. The van der Waals surface area contributed by atoms with Crippen molar-refractivity contribution in [3.05, 3.63) is 30.1 Å². The first-order valence-electron chi connectivity index (χ1n) is 5.35. The maximum absolute atomic E-state index is 5.69. The van der Waals surface area contributed by atoms with E-state index < -0.39 is 0 Å². The molecule has 0 fully saturated rings. The molecule has 2 heterocycles. The SMILES string of the molecule is Cn1cc(CSc2nc3cc(N)ccc3o2)nn1. The highest BCUT2D eigenvalue weighted by Crippen LogP contribution is 2.26. The lowest BCUT2D eigenvalue weighted by Gasteiger charge is -1.90. The number of benzene rings is 1. The zero-order valence-corrected chi connectivity index (χ0v) is 10.5. The van der Waals surface area contributed by atoms with Gasteiger partial charge in [-0.05, 0) is 18.2 Å². The van der Waals surface area contributed by atoms with E-state index in [0.717, 1.165) is 16.8 Å². The summed E-state index contributed by atoms with van der Waals surface area (Å²) in [7, 11) is 1.84. The van der Waals surface area contributed by atoms with Gasteiger partial charge in [-0.3, -0.25) is 4.68 Å². The van der Waals surface area contributed by atoms with Crippen LogP contribution in [0.4, 0.5) is 5.69 Å². The molecule has 0 aliphatic heterocycles. The molecule has 3 aromatic rings. The maximum atomic E-state index is 5.69. The van der Waals surface area contributed by atoms with Crippen LogP contribution in [0.15, 0.2) is 34.0 Å². The van der Waals surface area contributed by atoms with Crippen LogP contribution in [0.25, 0.3) is 11.1 Å². The molecular formula is C11H11N5OS. The van der Waals surface area contributed by atoms with Crippen molar-refractivity contribution in [1.29, 1.82) is 0 Å². The average molecular weight is 261 g/mol. The highest BCUT2D eigenvalue weighted by molar-refractivity contribution is 7.98. The monoisotopic (exact) mass is 261 g/mol. The number of aryl methyl sites for hydroxylation is 1. The number of fused-ring (bicyclic) bond motifs is 1. The molecule has 2 aromatic heterocycles. The lowest BCUT2D eigenvalue weighted by Crippen LogP contribution is -1.85. The Labute approximate surface area is 107 Å². The Kier molecular flexibility index (Phi) is 2.67. The number of oxazole rings is 1. The number of hydrogen-bond acceptors (Lipinski definition) is 6. The van der Waals surface area contributed by atoms with Crippen molar-refractivity contribution < 1.29 is 4.42 Å². The number of anilines is 1. The Morgan fingerprint density at radius 1 is 1.44 bits per heavy atom. The molecule has 0 spiro atoms. The van der Waals surface area contributed by atoms with Gasteiger partial charge < -0.3 is 10.2 Å². The third-order valence-electron chi connectivity index (χ3n) is 2.39. The van der Waals surface area contributed by atoms with Crippen LogP contribution in [0, 0.1) is 0 Å². The summed E-state index contributed by atoms with van der Waals surface area (Å²) < 4.78 is 7.26. The normalized spacial score (nSPS) is 11.2. The van der Waals surface area contributed by atoms with E-state index in [2.05, 4.69) is 15.3 Å². The lowest BCUT2D eigenvalue weighted by molar-refractivity contribution is 0.489. The number of nitrogens with two attached hydrogens (primary N) is 1. The number of nitrogen functional groups attached to an aromatic ring is 1. The number of nitrogens with zero attached hydrogens (tertiary/aromatic N) is 4. The van der Waals surface area contributed by atoms with Gasteiger partial charge in [0, 0.05) is 24.7 Å². The number of rotatable bonds is 3. The molecule has 0 saturated carbocycles. The molecule has 2 N–H and O–H groups in total. The van der Waals surface area contributed by atoms with E-state index in [4.69, 9.17) is 10.2 Å². The Balaban J connectivity index is 1.78.